The Hall–Kier alpha value is -2.53. The Labute approximate surface area is 151 Å². The molecule has 2 aromatic rings. The van der Waals surface area contributed by atoms with Crippen LogP contribution in [0, 0.1) is 0 Å². The molecule has 0 spiro atoms. The molecule has 0 aliphatic carbocycles. The minimum Gasteiger partial charge on any atom is -0.489 e. The summed E-state index contributed by atoms with van der Waals surface area (Å²) in [5.74, 6) is 0.601. The second-order valence-electron chi connectivity index (χ2n) is 6.02. The summed E-state index contributed by atoms with van der Waals surface area (Å²) in [5, 5.41) is 3.47. The summed E-state index contributed by atoms with van der Waals surface area (Å²) in [5.41, 5.74) is 1.79. The van der Waals surface area contributed by atoms with Gasteiger partial charge in [0.2, 0.25) is 11.8 Å². The van der Waals surface area contributed by atoms with Crippen LogP contribution >= 0.6 is 11.6 Å². The van der Waals surface area contributed by atoms with Crippen molar-refractivity contribution in [2.45, 2.75) is 26.0 Å². The van der Waals surface area contributed by atoms with Gasteiger partial charge in [0.05, 0.1) is 6.04 Å². The van der Waals surface area contributed by atoms with E-state index in [-0.39, 0.29) is 17.9 Å². The first-order valence-corrected chi connectivity index (χ1v) is 8.44. The number of hydrogen-bond acceptors (Lipinski definition) is 3. The Morgan fingerprint density at radius 1 is 1.28 bits per heavy atom. The third-order valence-electron chi connectivity index (χ3n) is 3.98. The van der Waals surface area contributed by atoms with E-state index in [1.165, 1.54) is 6.92 Å². The Balaban J connectivity index is 1.60. The van der Waals surface area contributed by atoms with Crippen LogP contribution in [0.25, 0.3) is 0 Å². The number of ether oxygens (including phenoxy) is 1. The summed E-state index contributed by atoms with van der Waals surface area (Å²) < 4.78 is 5.75. The number of nitrogens with one attached hydrogen (secondary N) is 1. The Morgan fingerprint density at radius 2 is 2.04 bits per heavy atom. The van der Waals surface area contributed by atoms with Crippen LogP contribution in [-0.2, 0) is 16.2 Å². The molecule has 0 saturated carbocycles. The standard InChI is InChI=1S/C19H19ClN2O3/c1-13(23)21-16-10-19(24)22(11-16)17-5-7-18(8-6-17)25-12-14-3-2-4-15(20)9-14/h2-9,16H,10-12H2,1H3,(H,21,23)/t16-/m0/s1. The van der Waals surface area contributed by atoms with Crippen molar-refractivity contribution < 1.29 is 14.3 Å². The predicted octanol–water partition coefficient (Wildman–Crippen LogP) is 3.16. The van der Waals surface area contributed by atoms with Gasteiger partial charge in [-0.25, -0.2) is 0 Å². The predicted molar refractivity (Wildman–Crippen MR) is 96.8 cm³/mol. The topological polar surface area (TPSA) is 58.6 Å². The molecule has 1 heterocycles. The van der Waals surface area contributed by atoms with Crippen LogP contribution in [0.2, 0.25) is 5.02 Å². The Bertz CT molecular complexity index is 776. The van der Waals surface area contributed by atoms with Crippen LogP contribution in [-0.4, -0.2) is 24.4 Å². The first-order chi connectivity index (χ1) is 12.0. The number of hydrogen-bond donors (Lipinski definition) is 1. The van der Waals surface area contributed by atoms with E-state index in [1.54, 1.807) is 4.90 Å². The molecule has 3 rings (SSSR count). The first-order valence-electron chi connectivity index (χ1n) is 8.06. The number of halogens is 1. The fourth-order valence-electron chi connectivity index (χ4n) is 2.86. The van der Waals surface area contributed by atoms with E-state index in [9.17, 15) is 9.59 Å². The van der Waals surface area contributed by atoms with Gasteiger partial charge >= 0.3 is 0 Å². The fraction of sp³-hybridized carbons (Fsp3) is 0.263. The van der Waals surface area contributed by atoms with Crippen molar-refractivity contribution in [3.8, 4) is 5.75 Å². The number of rotatable bonds is 5. The molecule has 0 aromatic heterocycles. The highest BCUT2D eigenvalue weighted by Gasteiger charge is 2.30. The summed E-state index contributed by atoms with van der Waals surface area (Å²) in [7, 11) is 0. The lowest BCUT2D eigenvalue weighted by Crippen LogP contribution is -2.35. The maximum absolute atomic E-state index is 12.1. The van der Waals surface area contributed by atoms with Crippen LogP contribution in [0.4, 0.5) is 5.69 Å². The van der Waals surface area contributed by atoms with Crippen LogP contribution < -0.4 is 15.0 Å². The van der Waals surface area contributed by atoms with Gasteiger partial charge in [-0.1, -0.05) is 23.7 Å². The highest BCUT2D eigenvalue weighted by Crippen LogP contribution is 2.25. The third-order valence-corrected chi connectivity index (χ3v) is 4.21. The van der Waals surface area contributed by atoms with Gasteiger partial charge in [-0.05, 0) is 42.0 Å². The third kappa shape index (κ3) is 4.51. The molecule has 1 aliphatic rings. The fourth-order valence-corrected chi connectivity index (χ4v) is 3.07. The molecule has 2 amide bonds. The minimum absolute atomic E-state index is 0.00588. The molecule has 1 N–H and O–H groups in total. The molecule has 1 saturated heterocycles. The van der Waals surface area contributed by atoms with Crippen LogP contribution in [0.5, 0.6) is 5.75 Å². The zero-order valence-corrected chi connectivity index (χ0v) is 14.6. The highest BCUT2D eigenvalue weighted by molar-refractivity contribution is 6.30. The number of carbonyl (C=O) groups excluding carboxylic acids is 2. The van der Waals surface area contributed by atoms with Crippen LogP contribution in [0.3, 0.4) is 0 Å². The maximum atomic E-state index is 12.1. The molecule has 2 aromatic carbocycles. The van der Waals surface area contributed by atoms with E-state index in [1.807, 2.05) is 48.5 Å². The van der Waals surface area contributed by atoms with Gasteiger partial charge in [0, 0.05) is 30.6 Å². The van der Waals surface area contributed by atoms with Gasteiger partial charge < -0.3 is 15.0 Å². The normalized spacial score (nSPS) is 16.8. The van der Waals surface area contributed by atoms with Crippen molar-refractivity contribution in [1.82, 2.24) is 5.32 Å². The van der Waals surface area contributed by atoms with Crippen LogP contribution in [0.15, 0.2) is 48.5 Å². The molecular formula is C19H19ClN2O3. The molecule has 5 nitrogen and oxygen atoms in total. The van der Waals surface area contributed by atoms with Gasteiger partial charge in [-0.3, -0.25) is 9.59 Å². The van der Waals surface area contributed by atoms with Crippen molar-refractivity contribution in [3.63, 3.8) is 0 Å². The summed E-state index contributed by atoms with van der Waals surface area (Å²) >= 11 is 5.96. The van der Waals surface area contributed by atoms with Crippen molar-refractivity contribution in [2.75, 3.05) is 11.4 Å². The highest BCUT2D eigenvalue weighted by atomic mass is 35.5. The van der Waals surface area contributed by atoms with Gasteiger partial charge in [-0.15, -0.1) is 0 Å². The van der Waals surface area contributed by atoms with Gasteiger partial charge in [0.1, 0.15) is 12.4 Å². The van der Waals surface area contributed by atoms with E-state index in [4.69, 9.17) is 16.3 Å². The molecule has 1 aliphatic heterocycles. The Kier molecular flexibility index (Phi) is 5.24. The van der Waals surface area contributed by atoms with E-state index in [2.05, 4.69) is 5.32 Å². The van der Waals surface area contributed by atoms with Gasteiger partial charge in [0.25, 0.3) is 0 Å². The van der Waals surface area contributed by atoms with E-state index in [0.717, 1.165) is 11.3 Å². The number of nitrogens with zero attached hydrogens (tertiary/aromatic N) is 1. The van der Waals surface area contributed by atoms with Gasteiger partial charge in [-0.2, -0.15) is 0 Å². The van der Waals surface area contributed by atoms with Crippen molar-refractivity contribution >= 4 is 29.1 Å². The minimum atomic E-state index is -0.135. The van der Waals surface area contributed by atoms with Crippen LogP contribution in [0.1, 0.15) is 18.9 Å². The number of amides is 2. The van der Waals surface area contributed by atoms with Crippen molar-refractivity contribution in [2.24, 2.45) is 0 Å². The molecule has 6 heteroatoms. The zero-order valence-electron chi connectivity index (χ0n) is 13.9. The number of carbonyl (C=O) groups is 2. The lowest BCUT2D eigenvalue weighted by atomic mass is 10.2. The number of benzene rings is 2. The van der Waals surface area contributed by atoms with E-state index >= 15 is 0 Å². The largest absolute Gasteiger partial charge is 0.489 e. The second kappa shape index (κ2) is 7.57. The summed E-state index contributed by atoms with van der Waals surface area (Å²) in [6.07, 6.45) is 0.326. The summed E-state index contributed by atoms with van der Waals surface area (Å²) in [6, 6.07) is 14.7. The SMILES string of the molecule is CC(=O)N[C@H]1CC(=O)N(c2ccc(OCc3cccc(Cl)c3)cc2)C1. The molecule has 0 unspecified atom stereocenters. The van der Waals surface area contributed by atoms with Gasteiger partial charge in [0.15, 0.2) is 0 Å². The summed E-state index contributed by atoms with van der Waals surface area (Å²) in [6.45, 7) is 2.37. The molecule has 130 valence electrons. The lowest BCUT2D eigenvalue weighted by Gasteiger charge is -2.17. The molecule has 0 radical (unpaired) electrons. The molecular weight excluding hydrogens is 340 g/mol. The Morgan fingerprint density at radius 3 is 2.72 bits per heavy atom. The quantitative estimate of drug-likeness (QED) is 0.893. The monoisotopic (exact) mass is 358 g/mol. The van der Waals surface area contributed by atoms with E-state index in [0.29, 0.717) is 30.3 Å². The second-order valence-corrected chi connectivity index (χ2v) is 6.45. The van der Waals surface area contributed by atoms with Crippen molar-refractivity contribution in [3.05, 3.63) is 59.1 Å². The van der Waals surface area contributed by atoms with Crippen molar-refractivity contribution in [1.29, 1.82) is 0 Å². The van der Waals surface area contributed by atoms with E-state index < -0.39 is 0 Å². The average molecular weight is 359 g/mol. The molecule has 0 bridgehead atoms. The first kappa shape index (κ1) is 17.3. The average Bonchev–Trinajstić information content (AvgIpc) is 2.93. The zero-order chi connectivity index (χ0) is 17.8. The lowest BCUT2D eigenvalue weighted by molar-refractivity contribution is -0.119. The maximum Gasteiger partial charge on any atom is 0.229 e. The molecule has 25 heavy (non-hydrogen) atoms. The molecule has 1 fully saturated rings. The molecule has 1 atom stereocenters. The number of anilines is 1. The smallest absolute Gasteiger partial charge is 0.229 e. The summed E-state index contributed by atoms with van der Waals surface area (Å²) in [4.78, 5) is 24.9.